The fourth-order valence-electron chi connectivity index (χ4n) is 2.94. The van der Waals surface area contributed by atoms with Crippen molar-refractivity contribution in [2.45, 2.75) is 5.60 Å². The Morgan fingerprint density at radius 1 is 0.966 bits per heavy atom. The van der Waals surface area contributed by atoms with Crippen molar-refractivity contribution < 1.29 is 19.4 Å². The van der Waals surface area contributed by atoms with Crippen molar-refractivity contribution in [3.8, 4) is 11.5 Å². The highest BCUT2D eigenvalue weighted by atomic mass is 79.9. The molecule has 3 N–H and O–H groups in total. The molecule has 0 aliphatic rings. The van der Waals surface area contributed by atoms with Crippen LogP contribution in [0.1, 0.15) is 11.1 Å². The number of aromatic nitrogens is 1. The second kappa shape index (κ2) is 8.93. The molecule has 7 nitrogen and oxygen atoms in total. The van der Waals surface area contributed by atoms with Gasteiger partial charge in [-0.15, -0.1) is 0 Å². The average Bonchev–Trinajstić information content (AvgIpc) is 2.77. The van der Waals surface area contributed by atoms with Crippen LogP contribution in [0.25, 0.3) is 0 Å². The maximum Gasteiger partial charge on any atom is 0.280 e. The van der Waals surface area contributed by atoms with E-state index in [0.717, 1.165) is 4.47 Å². The van der Waals surface area contributed by atoms with Crippen LogP contribution in [0.4, 0.5) is 5.82 Å². The average molecular weight is 458 g/mol. The molecule has 1 heterocycles. The van der Waals surface area contributed by atoms with E-state index in [-0.39, 0.29) is 11.1 Å². The second-order valence-corrected chi connectivity index (χ2v) is 6.97. The van der Waals surface area contributed by atoms with Gasteiger partial charge in [0.1, 0.15) is 17.3 Å². The van der Waals surface area contributed by atoms with Crippen LogP contribution in [-0.4, -0.2) is 30.2 Å². The SMILES string of the molecule is COc1ccccc1C(O)(C(=O)NNc1ccc(Br)cn1)c1ccccc1OC. The summed E-state index contributed by atoms with van der Waals surface area (Å²) in [5, 5.41) is 11.7. The topological polar surface area (TPSA) is 92.7 Å². The summed E-state index contributed by atoms with van der Waals surface area (Å²) in [6.45, 7) is 0. The quantitative estimate of drug-likeness (QED) is 0.471. The molecule has 0 aliphatic carbocycles. The molecular formula is C21H20BrN3O4. The Hall–Kier alpha value is -3.10. The van der Waals surface area contributed by atoms with Crippen LogP contribution in [0.5, 0.6) is 11.5 Å². The Morgan fingerprint density at radius 2 is 1.52 bits per heavy atom. The fourth-order valence-corrected chi connectivity index (χ4v) is 3.17. The molecule has 0 bridgehead atoms. The molecule has 0 atom stereocenters. The third-order valence-electron chi connectivity index (χ3n) is 4.35. The Balaban J connectivity index is 2.05. The van der Waals surface area contributed by atoms with Gasteiger partial charge in [-0.3, -0.25) is 15.6 Å². The molecule has 0 unspecified atom stereocenters. The summed E-state index contributed by atoms with van der Waals surface area (Å²) in [6.07, 6.45) is 1.58. The minimum absolute atomic E-state index is 0.273. The summed E-state index contributed by atoms with van der Waals surface area (Å²) in [7, 11) is 2.95. The van der Waals surface area contributed by atoms with Crippen LogP contribution in [-0.2, 0) is 10.4 Å². The minimum Gasteiger partial charge on any atom is -0.496 e. The largest absolute Gasteiger partial charge is 0.496 e. The van der Waals surface area contributed by atoms with Crippen LogP contribution in [0.3, 0.4) is 0 Å². The van der Waals surface area contributed by atoms with Gasteiger partial charge >= 0.3 is 0 Å². The third-order valence-corrected chi connectivity index (χ3v) is 4.82. The van der Waals surface area contributed by atoms with Gasteiger partial charge in [0.15, 0.2) is 0 Å². The molecule has 29 heavy (non-hydrogen) atoms. The molecule has 0 radical (unpaired) electrons. The van der Waals surface area contributed by atoms with E-state index < -0.39 is 11.5 Å². The number of ether oxygens (including phenoxy) is 2. The van der Waals surface area contributed by atoms with E-state index in [2.05, 4.69) is 31.8 Å². The van der Waals surface area contributed by atoms with Gasteiger partial charge in [-0.2, -0.15) is 0 Å². The maximum absolute atomic E-state index is 13.3. The molecule has 0 fully saturated rings. The number of nitrogens with one attached hydrogen (secondary N) is 2. The maximum atomic E-state index is 13.3. The number of halogens is 1. The number of amides is 1. The van der Waals surface area contributed by atoms with Gasteiger partial charge in [0.25, 0.3) is 5.91 Å². The number of methoxy groups -OCH3 is 2. The van der Waals surface area contributed by atoms with E-state index in [1.165, 1.54) is 14.2 Å². The molecule has 0 spiro atoms. The van der Waals surface area contributed by atoms with Gasteiger partial charge in [-0.1, -0.05) is 36.4 Å². The van der Waals surface area contributed by atoms with Crippen molar-refractivity contribution in [2.75, 3.05) is 19.6 Å². The third kappa shape index (κ3) is 4.18. The molecule has 3 aromatic rings. The smallest absolute Gasteiger partial charge is 0.280 e. The zero-order valence-corrected chi connectivity index (χ0v) is 17.4. The van der Waals surface area contributed by atoms with E-state index in [1.54, 1.807) is 66.9 Å². The lowest BCUT2D eigenvalue weighted by molar-refractivity contribution is -0.136. The van der Waals surface area contributed by atoms with Crippen molar-refractivity contribution in [3.63, 3.8) is 0 Å². The highest BCUT2D eigenvalue weighted by molar-refractivity contribution is 9.10. The number of nitrogens with zero attached hydrogens (tertiary/aromatic N) is 1. The lowest BCUT2D eigenvalue weighted by Gasteiger charge is -2.30. The fraction of sp³-hybridized carbons (Fsp3) is 0.143. The van der Waals surface area contributed by atoms with Crippen LogP contribution in [0.2, 0.25) is 0 Å². The predicted molar refractivity (Wildman–Crippen MR) is 113 cm³/mol. The van der Waals surface area contributed by atoms with Gasteiger partial charge < -0.3 is 14.6 Å². The van der Waals surface area contributed by atoms with Crippen LogP contribution < -0.4 is 20.3 Å². The van der Waals surface area contributed by atoms with Gasteiger partial charge in [0.05, 0.1) is 14.2 Å². The number of benzene rings is 2. The summed E-state index contributed by atoms with van der Waals surface area (Å²) in [6, 6.07) is 17.0. The van der Waals surface area contributed by atoms with Gasteiger partial charge in [0, 0.05) is 21.8 Å². The Bertz CT molecular complexity index is 948. The zero-order valence-electron chi connectivity index (χ0n) is 15.8. The Labute approximate surface area is 176 Å². The number of hydrogen-bond acceptors (Lipinski definition) is 6. The number of hydrogen-bond donors (Lipinski definition) is 3. The molecule has 1 aromatic heterocycles. The molecule has 0 saturated heterocycles. The van der Waals surface area contributed by atoms with Crippen molar-refractivity contribution >= 4 is 27.7 Å². The number of carbonyl (C=O) groups is 1. The number of aliphatic hydroxyl groups is 1. The molecular weight excluding hydrogens is 438 g/mol. The molecule has 0 aliphatic heterocycles. The number of hydrazine groups is 1. The van der Waals surface area contributed by atoms with Crippen molar-refractivity contribution in [3.05, 3.63) is 82.5 Å². The first kappa shape index (κ1) is 20.6. The number of carbonyl (C=O) groups excluding carboxylic acids is 1. The Morgan fingerprint density at radius 3 is 2.00 bits per heavy atom. The summed E-state index contributed by atoms with van der Waals surface area (Å²) in [5.41, 5.74) is 3.70. The predicted octanol–water partition coefficient (Wildman–Crippen LogP) is 3.24. The van der Waals surface area contributed by atoms with Crippen molar-refractivity contribution in [2.24, 2.45) is 0 Å². The molecule has 150 valence electrons. The first-order valence-corrected chi connectivity index (χ1v) is 9.47. The van der Waals surface area contributed by atoms with Crippen LogP contribution >= 0.6 is 15.9 Å². The standard InChI is InChI=1S/C21H20BrN3O4/c1-28-17-9-5-3-7-15(17)21(27,16-8-4-6-10-18(16)29-2)20(26)25-24-19-12-11-14(22)13-23-19/h3-13,27H,1-2H3,(H,23,24)(H,25,26). The lowest BCUT2D eigenvalue weighted by atomic mass is 9.84. The molecule has 8 heteroatoms. The summed E-state index contributed by atoms with van der Waals surface area (Å²) >= 11 is 3.30. The molecule has 1 amide bonds. The van der Waals surface area contributed by atoms with E-state index >= 15 is 0 Å². The van der Waals surface area contributed by atoms with Gasteiger partial charge in [-0.05, 0) is 40.2 Å². The second-order valence-electron chi connectivity index (χ2n) is 6.05. The van der Waals surface area contributed by atoms with E-state index in [9.17, 15) is 9.90 Å². The van der Waals surface area contributed by atoms with Crippen LogP contribution in [0.15, 0.2) is 71.3 Å². The van der Waals surface area contributed by atoms with E-state index in [4.69, 9.17) is 9.47 Å². The summed E-state index contributed by atoms with van der Waals surface area (Å²) < 4.78 is 11.6. The van der Waals surface area contributed by atoms with Crippen LogP contribution in [0, 0.1) is 0 Å². The first-order chi connectivity index (χ1) is 14.0. The summed E-state index contributed by atoms with van der Waals surface area (Å²) in [4.78, 5) is 17.4. The Kier molecular flexibility index (Phi) is 6.36. The highest BCUT2D eigenvalue weighted by Crippen LogP contribution is 2.40. The molecule has 0 saturated carbocycles. The lowest BCUT2D eigenvalue weighted by Crippen LogP contribution is -2.47. The van der Waals surface area contributed by atoms with E-state index in [1.807, 2.05) is 0 Å². The zero-order chi connectivity index (χ0) is 20.9. The van der Waals surface area contributed by atoms with Crippen molar-refractivity contribution in [1.29, 1.82) is 0 Å². The van der Waals surface area contributed by atoms with Crippen molar-refractivity contribution in [1.82, 2.24) is 10.4 Å². The minimum atomic E-state index is -2.10. The molecule has 2 aromatic carbocycles. The number of anilines is 1. The number of pyridine rings is 1. The van der Waals surface area contributed by atoms with E-state index in [0.29, 0.717) is 17.3 Å². The first-order valence-electron chi connectivity index (χ1n) is 8.68. The van der Waals surface area contributed by atoms with Gasteiger partial charge in [-0.25, -0.2) is 4.98 Å². The van der Waals surface area contributed by atoms with Gasteiger partial charge in [0.2, 0.25) is 5.60 Å². The normalized spacial score (nSPS) is 10.9. The number of rotatable bonds is 7. The summed E-state index contributed by atoms with van der Waals surface area (Å²) in [5.74, 6) is 0.399. The monoisotopic (exact) mass is 457 g/mol. The molecule has 3 rings (SSSR count). The highest BCUT2D eigenvalue weighted by Gasteiger charge is 2.44. The number of para-hydroxylation sites is 2.